The third-order valence-corrected chi connectivity index (χ3v) is 2.68. The molecule has 0 saturated carbocycles. The molecule has 0 saturated heterocycles. The van der Waals surface area contributed by atoms with E-state index in [2.05, 4.69) is 19.9 Å². The Morgan fingerprint density at radius 1 is 1.22 bits per heavy atom. The summed E-state index contributed by atoms with van der Waals surface area (Å²) in [6, 6.07) is 3.69. The predicted molar refractivity (Wildman–Crippen MR) is 98.1 cm³/mol. The second kappa shape index (κ2) is 6.38. The van der Waals surface area contributed by atoms with E-state index in [1.165, 1.54) is 4.85 Å². The molecule has 6 nitrogen and oxygen atoms in total. The Morgan fingerprint density at radius 3 is 2.43 bits per heavy atom. The zero-order chi connectivity index (χ0) is 17.4. The van der Waals surface area contributed by atoms with Crippen LogP contribution in [0.3, 0.4) is 0 Å². The van der Waals surface area contributed by atoms with E-state index in [9.17, 15) is 0 Å². The molecular weight excluding hydrogens is 541 g/mol. The van der Waals surface area contributed by atoms with Crippen molar-refractivity contribution in [2.45, 2.75) is 12.8 Å². The van der Waals surface area contributed by atoms with Crippen LogP contribution in [0.2, 0.25) is 0 Å². The fourth-order valence-electron chi connectivity index (χ4n) is 1.80. The molecule has 23 heavy (non-hydrogen) atoms. The Bertz CT molecular complexity index is 744. The molecule has 2 aromatic rings. The summed E-state index contributed by atoms with van der Waals surface area (Å²) in [4.78, 5) is 11.2. The van der Waals surface area contributed by atoms with Gasteiger partial charge in [-0.2, -0.15) is 0 Å². The van der Waals surface area contributed by atoms with Crippen molar-refractivity contribution in [3.63, 3.8) is 0 Å². The van der Waals surface area contributed by atoms with Crippen LogP contribution in [-0.4, -0.2) is 53.3 Å². The van der Waals surface area contributed by atoms with E-state index < -0.39 is 9.14 Å². The molecule has 1 aliphatic rings. The summed E-state index contributed by atoms with van der Waals surface area (Å²) in [5.74, 6) is 0.914. The summed E-state index contributed by atoms with van der Waals surface area (Å²) in [5.41, 5.74) is 1.39. The molecule has 0 radical (unpaired) electrons. The van der Waals surface area contributed by atoms with Gasteiger partial charge in [-0.15, -0.1) is 5.10 Å². The zero-order valence-corrected chi connectivity index (χ0v) is 18.8. The second-order valence-electron chi connectivity index (χ2n) is 4.78. The summed E-state index contributed by atoms with van der Waals surface area (Å²) in [5, 5.41) is 7.91. The molecule has 130 valence electrons. The Kier molecular flexibility index (Phi) is 5.52. The van der Waals surface area contributed by atoms with Gasteiger partial charge in [-0.1, -0.05) is 0 Å². The molecule has 0 aliphatic carbocycles. The molecule has 0 bridgehead atoms. The number of rotatable bonds is 1. The van der Waals surface area contributed by atoms with Gasteiger partial charge in [-0.25, -0.2) is 9.56 Å². The number of halogens is 6. The van der Waals surface area contributed by atoms with Gasteiger partial charge in [-0.3, -0.25) is 4.84 Å². The van der Waals surface area contributed by atoms with Crippen LogP contribution < -0.4 is 4.84 Å². The molecule has 3 heterocycles. The SMILES string of the molecule is C[N+]1=C(On2nnc3cccnc32)CCC1.[Cl][Sb-]([Cl])([Cl])([Cl])([Cl])[Cl]. The van der Waals surface area contributed by atoms with Crippen LogP contribution in [0.5, 0.6) is 0 Å². The number of pyridine rings is 1. The molecule has 0 aromatic carbocycles. The average Bonchev–Trinajstić information content (AvgIpc) is 2.94. The van der Waals surface area contributed by atoms with Crippen LogP contribution in [0, 0.1) is 0 Å². The molecule has 0 unspecified atom stereocenters. The van der Waals surface area contributed by atoms with Crippen molar-refractivity contribution in [3.05, 3.63) is 18.3 Å². The third-order valence-electron chi connectivity index (χ3n) is 2.68. The zero-order valence-electron chi connectivity index (χ0n) is 11.7. The van der Waals surface area contributed by atoms with E-state index in [-0.39, 0.29) is 0 Å². The average molecular weight is 553 g/mol. The Balaban J connectivity index is 0.000000236. The normalized spacial score (nSPS) is 18.2. The van der Waals surface area contributed by atoms with E-state index >= 15 is 0 Å². The minimum atomic E-state index is -5.42. The van der Waals surface area contributed by atoms with Crippen LogP contribution in [0.4, 0.5) is 0 Å². The van der Waals surface area contributed by atoms with Crippen LogP contribution >= 0.6 is 53.0 Å². The van der Waals surface area contributed by atoms with Gasteiger partial charge in [0.1, 0.15) is 19.1 Å². The first-order valence-electron chi connectivity index (χ1n) is 6.28. The van der Waals surface area contributed by atoms with Crippen LogP contribution in [0.15, 0.2) is 18.3 Å². The number of hydrogen-bond donors (Lipinski definition) is 0. The molecule has 0 fully saturated rings. The van der Waals surface area contributed by atoms with Gasteiger partial charge in [0.25, 0.3) is 0 Å². The summed E-state index contributed by atoms with van der Waals surface area (Å²) >= 11 is 0. The quantitative estimate of drug-likeness (QED) is 0.399. The molecule has 0 N–H and O–H groups in total. The molecule has 0 atom stereocenters. The van der Waals surface area contributed by atoms with Crippen LogP contribution in [0.1, 0.15) is 12.8 Å². The van der Waals surface area contributed by atoms with E-state index in [0.29, 0.717) is 5.65 Å². The number of fused-ring (bicyclic) bond motifs is 1. The van der Waals surface area contributed by atoms with Gasteiger partial charge in [0.2, 0.25) is 5.65 Å². The van der Waals surface area contributed by atoms with Crippen molar-refractivity contribution in [2.24, 2.45) is 0 Å². The van der Waals surface area contributed by atoms with E-state index in [1.807, 2.05) is 19.2 Å². The summed E-state index contributed by atoms with van der Waals surface area (Å²) in [6.45, 7) is 1.02. The maximum atomic E-state index is 5.66. The van der Waals surface area contributed by atoms with Crippen LogP contribution in [0.25, 0.3) is 11.2 Å². The summed E-state index contributed by atoms with van der Waals surface area (Å²) < 4.78 is 2.08. The first-order chi connectivity index (χ1) is 10.3. The predicted octanol–water partition coefficient (Wildman–Crippen LogP) is 3.85. The van der Waals surface area contributed by atoms with Gasteiger partial charge in [-0.05, 0) is 22.2 Å². The molecule has 13 heteroatoms. The van der Waals surface area contributed by atoms with E-state index in [1.54, 1.807) is 6.20 Å². The Morgan fingerprint density at radius 2 is 1.87 bits per heavy atom. The van der Waals surface area contributed by atoms with Crippen molar-refractivity contribution in [3.8, 4) is 0 Å². The standard InChI is InChI=1S/C10H12N5O.6ClH.Sb/c1-14-7-3-5-9(14)16-15-10-8(12-13-15)4-2-6-11-10;;;;;;;/h2,4,6H,3,5,7H2,1H3;6*1H;/q+1;;;;;;;+5/p-6. The molecule has 3 rings (SSSR count). The summed E-state index contributed by atoms with van der Waals surface area (Å²) in [7, 11) is 27.0. The van der Waals surface area contributed by atoms with Gasteiger partial charge in [0.05, 0.1) is 6.42 Å². The molecule has 1 aliphatic heterocycles. The van der Waals surface area contributed by atoms with Crippen molar-refractivity contribution < 1.29 is 9.41 Å². The fraction of sp³-hybridized carbons (Fsp3) is 0.400. The topological polar surface area (TPSA) is 55.8 Å². The minimum absolute atomic E-state index is 0.648. The number of hydrogen-bond acceptors (Lipinski definition) is 4. The maximum absolute atomic E-state index is 5.66. The van der Waals surface area contributed by atoms with Crippen molar-refractivity contribution in [1.82, 2.24) is 20.1 Å². The molecule has 0 spiro atoms. The second-order valence-corrected chi connectivity index (χ2v) is 61.7. The Labute approximate surface area is 152 Å². The van der Waals surface area contributed by atoms with Crippen molar-refractivity contribution >= 4 is 79.2 Å². The Hall–Kier alpha value is 0.578. The third kappa shape index (κ3) is 8.00. The van der Waals surface area contributed by atoms with Crippen molar-refractivity contribution in [2.75, 3.05) is 13.6 Å². The molecule has 0 amide bonds. The summed E-state index contributed by atoms with van der Waals surface area (Å²) in [6.07, 6.45) is 3.76. The first kappa shape index (κ1) is 19.9. The van der Waals surface area contributed by atoms with Gasteiger partial charge >= 0.3 is 68.0 Å². The van der Waals surface area contributed by atoms with Gasteiger partial charge in [0, 0.05) is 12.6 Å². The molecule has 2 aromatic heterocycles. The fourth-order valence-corrected chi connectivity index (χ4v) is 1.80. The number of nitrogens with zero attached hydrogens (tertiary/aromatic N) is 5. The van der Waals surface area contributed by atoms with Crippen LogP contribution in [-0.2, 0) is 0 Å². The van der Waals surface area contributed by atoms with Gasteiger partial charge < -0.3 is 0 Å². The van der Waals surface area contributed by atoms with E-state index in [0.717, 1.165) is 30.8 Å². The monoisotopic (exact) mass is 549 g/mol. The number of aromatic nitrogens is 4. The van der Waals surface area contributed by atoms with Crippen molar-refractivity contribution in [1.29, 1.82) is 0 Å². The van der Waals surface area contributed by atoms with Gasteiger partial charge in [0.15, 0.2) is 0 Å². The molecular formula is C10H12Cl6N5OSb. The van der Waals surface area contributed by atoms with E-state index in [4.69, 9.17) is 57.8 Å². The first-order valence-corrected chi connectivity index (χ1v) is 25.7.